The number of aryl methyl sites for hydroxylation is 1. The van der Waals surface area contributed by atoms with Gasteiger partial charge in [-0.3, -0.25) is 9.59 Å². The lowest BCUT2D eigenvalue weighted by atomic mass is 9.96. The second-order valence-corrected chi connectivity index (χ2v) is 6.79. The Kier molecular flexibility index (Phi) is 6.41. The standard InChI is InChI=1S/C20H25N5O3/c1-14-3-5-16(6-4-14)23-17-7-10-21-20(24-17)25-11-8-15(9-12-25)19(27)22-13-18(26)28-2/h3-7,10,15H,8-9,11-13H2,1-2H3,(H,22,27)(H,21,23,24). The fourth-order valence-corrected chi connectivity index (χ4v) is 3.07. The molecule has 1 fully saturated rings. The fraction of sp³-hybridized carbons (Fsp3) is 0.400. The summed E-state index contributed by atoms with van der Waals surface area (Å²) in [6.45, 7) is 3.33. The molecule has 2 aromatic rings. The summed E-state index contributed by atoms with van der Waals surface area (Å²) in [5.74, 6) is 0.699. The Morgan fingerprint density at radius 2 is 1.89 bits per heavy atom. The number of amides is 1. The van der Waals surface area contributed by atoms with Crippen molar-refractivity contribution in [3.63, 3.8) is 0 Å². The van der Waals surface area contributed by atoms with Crippen molar-refractivity contribution in [3.05, 3.63) is 42.1 Å². The number of ether oxygens (including phenoxy) is 1. The number of anilines is 3. The monoisotopic (exact) mass is 383 g/mol. The quantitative estimate of drug-likeness (QED) is 0.737. The lowest BCUT2D eigenvalue weighted by molar-refractivity contribution is -0.141. The molecule has 2 N–H and O–H groups in total. The van der Waals surface area contributed by atoms with Crippen molar-refractivity contribution >= 4 is 29.3 Å². The van der Waals surface area contributed by atoms with Crippen LogP contribution in [0.25, 0.3) is 0 Å². The number of hydrogen-bond donors (Lipinski definition) is 2. The Hall–Kier alpha value is -3.16. The normalized spacial score (nSPS) is 14.4. The van der Waals surface area contributed by atoms with Gasteiger partial charge >= 0.3 is 5.97 Å². The molecular weight excluding hydrogens is 358 g/mol. The molecule has 0 atom stereocenters. The van der Waals surface area contributed by atoms with Gasteiger partial charge in [0.2, 0.25) is 11.9 Å². The fourth-order valence-electron chi connectivity index (χ4n) is 3.07. The molecule has 0 spiro atoms. The average molecular weight is 383 g/mol. The third-order valence-electron chi connectivity index (χ3n) is 4.75. The SMILES string of the molecule is COC(=O)CNC(=O)C1CCN(c2nccc(Nc3ccc(C)cc3)n2)CC1. The zero-order valence-electron chi connectivity index (χ0n) is 16.1. The summed E-state index contributed by atoms with van der Waals surface area (Å²) < 4.78 is 4.54. The number of rotatable bonds is 6. The summed E-state index contributed by atoms with van der Waals surface area (Å²) in [6, 6.07) is 9.93. The maximum Gasteiger partial charge on any atom is 0.325 e. The zero-order chi connectivity index (χ0) is 19.9. The van der Waals surface area contributed by atoms with Crippen molar-refractivity contribution in [2.75, 3.05) is 37.0 Å². The van der Waals surface area contributed by atoms with Gasteiger partial charge in [-0.25, -0.2) is 4.98 Å². The third-order valence-corrected chi connectivity index (χ3v) is 4.75. The van der Waals surface area contributed by atoms with Crippen LogP contribution in [-0.2, 0) is 14.3 Å². The smallest absolute Gasteiger partial charge is 0.325 e. The summed E-state index contributed by atoms with van der Waals surface area (Å²) in [7, 11) is 1.30. The molecule has 1 aromatic heterocycles. The van der Waals surface area contributed by atoms with Crippen LogP contribution in [0.4, 0.5) is 17.5 Å². The van der Waals surface area contributed by atoms with Crippen LogP contribution in [0.2, 0.25) is 0 Å². The van der Waals surface area contributed by atoms with Gasteiger partial charge in [0.1, 0.15) is 12.4 Å². The van der Waals surface area contributed by atoms with Gasteiger partial charge in [0.25, 0.3) is 0 Å². The molecule has 8 heteroatoms. The van der Waals surface area contributed by atoms with Gasteiger partial charge in [-0.2, -0.15) is 4.98 Å². The first-order chi connectivity index (χ1) is 13.5. The number of hydrogen-bond acceptors (Lipinski definition) is 7. The number of nitrogens with one attached hydrogen (secondary N) is 2. The number of carbonyl (C=O) groups is 2. The summed E-state index contributed by atoms with van der Waals surface area (Å²) in [6.07, 6.45) is 3.10. The van der Waals surface area contributed by atoms with E-state index in [1.807, 2.05) is 37.3 Å². The number of aromatic nitrogens is 2. The van der Waals surface area contributed by atoms with Crippen molar-refractivity contribution in [1.82, 2.24) is 15.3 Å². The Morgan fingerprint density at radius 1 is 1.18 bits per heavy atom. The molecule has 8 nitrogen and oxygen atoms in total. The van der Waals surface area contributed by atoms with Gasteiger partial charge < -0.3 is 20.3 Å². The van der Waals surface area contributed by atoms with E-state index < -0.39 is 5.97 Å². The molecule has 1 amide bonds. The Bertz CT molecular complexity index is 817. The minimum atomic E-state index is -0.447. The number of nitrogens with zero attached hydrogens (tertiary/aromatic N) is 3. The van der Waals surface area contributed by atoms with Crippen LogP contribution < -0.4 is 15.5 Å². The van der Waals surface area contributed by atoms with E-state index >= 15 is 0 Å². The van der Waals surface area contributed by atoms with Crippen LogP contribution in [-0.4, -0.2) is 48.6 Å². The summed E-state index contributed by atoms with van der Waals surface area (Å²) in [4.78, 5) is 34.4. The molecule has 0 bridgehead atoms. The first-order valence-corrected chi connectivity index (χ1v) is 9.31. The van der Waals surface area contributed by atoms with Gasteiger partial charge in [0.05, 0.1) is 7.11 Å². The molecule has 0 saturated carbocycles. The van der Waals surface area contributed by atoms with Crippen LogP contribution >= 0.6 is 0 Å². The predicted octanol–water partition coefficient (Wildman–Crippen LogP) is 2.03. The second kappa shape index (κ2) is 9.16. The molecule has 28 heavy (non-hydrogen) atoms. The van der Waals surface area contributed by atoms with Crippen molar-refractivity contribution in [2.45, 2.75) is 19.8 Å². The van der Waals surface area contributed by atoms with E-state index in [1.165, 1.54) is 12.7 Å². The van der Waals surface area contributed by atoms with Gasteiger partial charge in [0.15, 0.2) is 0 Å². The summed E-state index contributed by atoms with van der Waals surface area (Å²) >= 11 is 0. The molecule has 148 valence electrons. The highest BCUT2D eigenvalue weighted by Crippen LogP contribution is 2.22. The van der Waals surface area contributed by atoms with Crippen LogP contribution in [0.3, 0.4) is 0 Å². The zero-order valence-corrected chi connectivity index (χ0v) is 16.1. The third kappa shape index (κ3) is 5.18. The van der Waals surface area contributed by atoms with E-state index in [0.717, 1.165) is 11.5 Å². The van der Waals surface area contributed by atoms with Crippen LogP contribution in [0, 0.1) is 12.8 Å². The highest BCUT2D eigenvalue weighted by molar-refractivity contribution is 5.83. The van der Waals surface area contributed by atoms with E-state index in [1.54, 1.807) is 6.20 Å². The molecule has 1 aromatic carbocycles. The molecule has 0 aliphatic carbocycles. The van der Waals surface area contributed by atoms with Crippen molar-refractivity contribution < 1.29 is 14.3 Å². The molecule has 2 heterocycles. The Balaban J connectivity index is 1.55. The first kappa shape index (κ1) is 19.6. The topological polar surface area (TPSA) is 96.5 Å². The molecule has 0 radical (unpaired) electrons. The molecule has 3 rings (SSSR count). The number of benzene rings is 1. The highest BCUT2D eigenvalue weighted by atomic mass is 16.5. The van der Waals surface area contributed by atoms with Crippen molar-refractivity contribution in [3.8, 4) is 0 Å². The summed E-state index contributed by atoms with van der Waals surface area (Å²) in [5.41, 5.74) is 2.17. The van der Waals surface area contributed by atoms with Crippen molar-refractivity contribution in [1.29, 1.82) is 0 Å². The number of esters is 1. The van der Waals surface area contributed by atoms with E-state index in [-0.39, 0.29) is 18.4 Å². The van der Waals surface area contributed by atoms with Gasteiger partial charge in [0, 0.05) is 30.9 Å². The van der Waals surface area contributed by atoms with E-state index in [0.29, 0.717) is 31.9 Å². The summed E-state index contributed by atoms with van der Waals surface area (Å²) in [5, 5.41) is 5.91. The Labute approximate surface area is 164 Å². The van der Waals surface area contributed by atoms with E-state index in [2.05, 4.69) is 30.2 Å². The van der Waals surface area contributed by atoms with Crippen LogP contribution in [0.15, 0.2) is 36.5 Å². The average Bonchev–Trinajstić information content (AvgIpc) is 2.73. The minimum absolute atomic E-state index is 0.0919. The number of carbonyl (C=O) groups excluding carboxylic acids is 2. The lowest BCUT2D eigenvalue weighted by Crippen LogP contribution is -2.42. The van der Waals surface area contributed by atoms with Gasteiger partial charge in [-0.05, 0) is 38.0 Å². The molecule has 1 aliphatic rings. The lowest BCUT2D eigenvalue weighted by Gasteiger charge is -2.31. The predicted molar refractivity (Wildman–Crippen MR) is 106 cm³/mol. The van der Waals surface area contributed by atoms with Gasteiger partial charge in [-0.15, -0.1) is 0 Å². The number of piperidine rings is 1. The second-order valence-electron chi connectivity index (χ2n) is 6.79. The van der Waals surface area contributed by atoms with Crippen molar-refractivity contribution in [2.24, 2.45) is 5.92 Å². The van der Waals surface area contributed by atoms with E-state index in [4.69, 9.17) is 0 Å². The van der Waals surface area contributed by atoms with Crippen LogP contribution in [0.5, 0.6) is 0 Å². The van der Waals surface area contributed by atoms with E-state index in [9.17, 15) is 9.59 Å². The molecular formula is C20H25N5O3. The molecule has 0 unspecified atom stereocenters. The maximum atomic E-state index is 12.2. The van der Waals surface area contributed by atoms with Gasteiger partial charge in [-0.1, -0.05) is 17.7 Å². The first-order valence-electron chi connectivity index (χ1n) is 9.31. The molecule has 1 saturated heterocycles. The number of methoxy groups -OCH3 is 1. The molecule has 1 aliphatic heterocycles. The maximum absolute atomic E-state index is 12.2. The minimum Gasteiger partial charge on any atom is -0.468 e. The Morgan fingerprint density at radius 3 is 2.57 bits per heavy atom. The van der Waals surface area contributed by atoms with Crippen LogP contribution in [0.1, 0.15) is 18.4 Å². The highest BCUT2D eigenvalue weighted by Gasteiger charge is 2.26. The largest absolute Gasteiger partial charge is 0.468 e.